The number of halogens is 1. The van der Waals surface area contributed by atoms with Crippen molar-refractivity contribution in [2.24, 2.45) is 0 Å². The van der Waals surface area contributed by atoms with Gasteiger partial charge < -0.3 is 4.98 Å². The summed E-state index contributed by atoms with van der Waals surface area (Å²) in [6.07, 6.45) is 4.92. The van der Waals surface area contributed by atoms with Gasteiger partial charge in [-0.1, -0.05) is 24.3 Å². The van der Waals surface area contributed by atoms with Crippen LogP contribution in [0.3, 0.4) is 0 Å². The average Bonchev–Trinajstić information content (AvgIpc) is 2.77. The number of benzene rings is 2. The van der Waals surface area contributed by atoms with Crippen LogP contribution < -0.4 is 5.56 Å². The lowest BCUT2D eigenvalue weighted by atomic mass is 9.98. The zero-order chi connectivity index (χ0) is 21.1. The van der Waals surface area contributed by atoms with Crippen LogP contribution in [-0.4, -0.2) is 29.5 Å². The van der Waals surface area contributed by atoms with Gasteiger partial charge in [-0.05, 0) is 79.1 Å². The van der Waals surface area contributed by atoms with Crippen molar-refractivity contribution >= 4 is 16.3 Å². The molecule has 0 atom stereocenters. The van der Waals surface area contributed by atoms with Crippen LogP contribution in [0.5, 0.6) is 0 Å². The lowest BCUT2D eigenvalue weighted by molar-refractivity contribution is 0.297. The highest BCUT2D eigenvalue weighted by Crippen LogP contribution is 2.23. The quantitative estimate of drug-likeness (QED) is 0.681. The predicted molar refractivity (Wildman–Crippen MR) is 118 cm³/mol. The number of hydrogen-bond acceptors (Lipinski definition) is 3. The van der Waals surface area contributed by atoms with E-state index in [1.165, 1.54) is 17.2 Å². The summed E-state index contributed by atoms with van der Waals surface area (Å²) in [6.45, 7) is 4.73. The molecule has 1 N–H and O–H groups in total. The van der Waals surface area contributed by atoms with E-state index < -0.39 is 5.82 Å². The molecule has 5 heteroatoms. The van der Waals surface area contributed by atoms with Crippen LogP contribution in [0.4, 0.5) is 4.39 Å². The van der Waals surface area contributed by atoms with Crippen molar-refractivity contribution in [3.05, 3.63) is 87.1 Å². The molecule has 1 aliphatic heterocycles. The summed E-state index contributed by atoms with van der Waals surface area (Å²) < 4.78 is 14.0. The van der Waals surface area contributed by atoms with Crippen molar-refractivity contribution < 1.29 is 4.39 Å². The summed E-state index contributed by atoms with van der Waals surface area (Å²) in [4.78, 5) is 17.6. The average molecular weight is 401 g/mol. The number of nitrogens with one attached hydrogen (secondary N) is 1. The molecule has 0 aliphatic carbocycles. The van der Waals surface area contributed by atoms with Crippen molar-refractivity contribution in [1.29, 1.82) is 5.26 Å². The number of aromatic nitrogens is 1. The molecule has 0 saturated heterocycles. The minimum atomic E-state index is -0.471. The molecule has 2 heterocycles. The summed E-state index contributed by atoms with van der Waals surface area (Å²) in [5.74, 6) is -0.471. The van der Waals surface area contributed by atoms with E-state index in [9.17, 15) is 9.18 Å². The van der Waals surface area contributed by atoms with Crippen molar-refractivity contribution in [1.82, 2.24) is 9.88 Å². The maximum absolute atomic E-state index is 14.0. The zero-order valence-electron chi connectivity index (χ0n) is 17.0. The van der Waals surface area contributed by atoms with Crippen LogP contribution >= 0.6 is 0 Å². The van der Waals surface area contributed by atoms with E-state index in [0.29, 0.717) is 10.9 Å². The fourth-order valence-corrected chi connectivity index (χ4v) is 4.10. The highest BCUT2D eigenvalue weighted by Gasteiger charge is 2.14. The van der Waals surface area contributed by atoms with Gasteiger partial charge in [-0.25, -0.2) is 4.39 Å². The van der Waals surface area contributed by atoms with Gasteiger partial charge in [0.25, 0.3) is 5.56 Å². The first-order valence-corrected chi connectivity index (χ1v) is 10.3. The number of aryl methyl sites for hydroxylation is 2. The summed E-state index contributed by atoms with van der Waals surface area (Å²) in [5.41, 5.74) is 4.61. The standard InChI is InChI=1S/C25H24FN3O/c1-17-4-9-23(26)24-22(17)15-21(28-25(24)30)3-2-12-29-13-10-20(11-14-29)19-7-5-18(16-27)6-8-19/h4-10,15H,2-3,11-14H2,1H3,(H,28,30). The van der Waals surface area contributed by atoms with Crippen molar-refractivity contribution in [3.8, 4) is 6.07 Å². The monoisotopic (exact) mass is 401 g/mol. The molecule has 1 aliphatic rings. The number of rotatable bonds is 5. The van der Waals surface area contributed by atoms with E-state index in [4.69, 9.17) is 5.26 Å². The normalized spacial score (nSPS) is 14.5. The molecule has 0 spiro atoms. The minimum absolute atomic E-state index is 0.148. The third-order valence-electron chi connectivity index (χ3n) is 5.83. The molecule has 0 bridgehead atoms. The highest BCUT2D eigenvalue weighted by molar-refractivity contribution is 5.85. The topological polar surface area (TPSA) is 59.9 Å². The minimum Gasteiger partial charge on any atom is -0.326 e. The molecule has 2 aromatic carbocycles. The molecular formula is C25H24FN3O. The molecule has 0 fully saturated rings. The Morgan fingerprint density at radius 3 is 2.70 bits per heavy atom. The van der Waals surface area contributed by atoms with Crippen LogP contribution in [0.2, 0.25) is 0 Å². The zero-order valence-corrected chi connectivity index (χ0v) is 17.0. The van der Waals surface area contributed by atoms with E-state index in [1.54, 1.807) is 6.07 Å². The highest BCUT2D eigenvalue weighted by atomic mass is 19.1. The third-order valence-corrected chi connectivity index (χ3v) is 5.83. The molecule has 4 nitrogen and oxygen atoms in total. The molecule has 3 aromatic rings. The second-order valence-electron chi connectivity index (χ2n) is 7.85. The van der Waals surface area contributed by atoms with E-state index >= 15 is 0 Å². The number of fused-ring (bicyclic) bond motifs is 1. The molecule has 0 unspecified atom stereocenters. The van der Waals surface area contributed by atoms with Crippen molar-refractivity contribution in [2.45, 2.75) is 26.2 Å². The summed E-state index contributed by atoms with van der Waals surface area (Å²) in [7, 11) is 0. The first-order valence-electron chi connectivity index (χ1n) is 10.3. The number of H-pyrrole nitrogens is 1. The van der Waals surface area contributed by atoms with E-state index in [-0.39, 0.29) is 10.9 Å². The maximum atomic E-state index is 14.0. The SMILES string of the molecule is Cc1ccc(F)c2c(=O)[nH]c(CCCN3CC=C(c4ccc(C#N)cc4)CC3)cc12. The number of nitriles is 1. The maximum Gasteiger partial charge on any atom is 0.259 e. The summed E-state index contributed by atoms with van der Waals surface area (Å²) in [6, 6.07) is 14.9. The van der Waals surface area contributed by atoms with Crippen LogP contribution in [0.25, 0.3) is 16.3 Å². The smallest absolute Gasteiger partial charge is 0.259 e. The van der Waals surface area contributed by atoms with E-state index in [1.807, 2.05) is 37.3 Å². The predicted octanol–water partition coefficient (Wildman–Crippen LogP) is 4.57. The molecule has 1 aromatic heterocycles. The van der Waals surface area contributed by atoms with Gasteiger partial charge in [0.1, 0.15) is 5.82 Å². The molecule has 0 saturated carbocycles. The molecule has 152 valence electrons. The second kappa shape index (κ2) is 8.64. The molecule has 0 radical (unpaired) electrons. The van der Waals surface area contributed by atoms with Gasteiger partial charge in [0, 0.05) is 18.8 Å². The van der Waals surface area contributed by atoms with Crippen LogP contribution in [0, 0.1) is 24.1 Å². The van der Waals surface area contributed by atoms with Gasteiger partial charge in [-0.2, -0.15) is 5.26 Å². The summed E-state index contributed by atoms with van der Waals surface area (Å²) >= 11 is 0. The molecule has 0 amide bonds. The van der Waals surface area contributed by atoms with Gasteiger partial charge >= 0.3 is 0 Å². The second-order valence-corrected chi connectivity index (χ2v) is 7.85. The lowest BCUT2D eigenvalue weighted by Gasteiger charge is -2.26. The Morgan fingerprint density at radius 1 is 1.20 bits per heavy atom. The molecule has 4 rings (SSSR count). The first-order chi connectivity index (χ1) is 14.5. The van der Waals surface area contributed by atoms with Gasteiger partial charge in [-0.15, -0.1) is 0 Å². The lowest BCUT2D eigenvalue weighted by Crippen LogP contribution is -2.29. The van der Waals surface area contributed by atoms with Gasteiger partial charge in [0.05, 0.1) is 17.0 Å². The molecule has 30 heavy (non-hydrogen) atoms. The Hall–Kier alpha value is -3.23. The number of nitrogens with zero attached hydrogens (tertiary/aromatic N) is 2. The van der Waals surface area contributed by atoms with Gasteiger partial charge in [0.15, 0.2) is 0 Å². The van der Waals surface area contributed by atoms with E-state index in [2.05, 4.69) is 22.0 Å². The first kappa shape index (κ1) is 20.1. The van der Waals surface area contributed by atoms with Crippen LogP contribution in [0.1, 0.15) is 35.2 Å². The van der Waals surface area contributed by atoms with Crippen LogP contribution in [-0.2, 0) is 6.42 Å². The number of pyridine rings is 1. The van der Waals surface area contributed by atoms with E-state index in [0.717, 1.165) is 50.2 Å². The van der Waals surface area contributed by atoms with Crippen molar-refractivity contribution in [2.75, 3.05) is 19.6 Å². The Balaban J connectivity index is 1.36. The van der Waals surface area contributed by atoms with Crippen molar-refractivity contribution in [3.63, 3.8) is 0 Å². The molecular weight excluding hydrogens is 377 g/mol. The Bertz CT molecular complexity index is 1200. The fourth-order valence-electron chi connectivity index (χ4n) is 4.10. The Labute approximate surface area is 175 Å². The third kappa shape index (κ3) is 4.19. The summed E-state index contributed by atoms with van der Waals surface area (Å²) in [5, 5.41) is 9.77. The fraction of sp³-hybridized carbons (Fsp3) is 0.280. The number of aromatic amines is 1. The number of hydrogen-bond donors (Lipinski definition) is 1. The van der Waals surface area contributed by atoms with Gasteiger partial charge in [0.2, 0.25) is 0 Å². The largest absolute Gasteiger partial charge is 0.326 e. The van der Waals surface area contributed by atoms with Gasteiger partial charge in [-0.3, -0.25) is 9.69 Å². The Kier molecular flexibility index (Phi) is 5.78. The Morgan fingerprint density at radius 2 is 2.00 bits per heavy atom. The van der Waals surface area contributed by atoms with Crippen LogP contribution in [0.15, 0.2) is 53.3 Å².